The molecule has 1 saturated heterocycles. The summed E-state index contributed by atoms with van der Waals surface area (Å²) in [6.07, 6.45) is 0. The Hall–Kier alpha value is -2.87. The highest BCUT2D eigenvalue weighted by Gasteiger charge is 2.14. The van der Waals surface area contributed by atoms with Crippen LogP contribution in [0, 0.1) is 0 Å². The lowest BCUT2D eigenvalue weighted by Crippen LogP contribution is -2.35. The molecule has 1 N–H and O–H groups in total. The number of ether oxygens (including phenoxy) is 3. The largest absolute Gasteiger partial charge is 0.496 e. The van der Waals surface area contributed by atoms with E-state index in [1.807, 2.05) is 48.5 Å². The summed E-state index contributed by atoms with van der Waals surface area (Å²) in [5.41, 5.74) is 3.27. The molecule has 1 aliphatic rings. The Bertz CT molecular complexity index is 1100. The van der Waals surface area contributed by atoms with Gasteiger partial charge < -0.3 is 19.5 Å². The van der Waals surface area contributed by atoms with Gasteiger partial charge in [0.15, 0.2) is 0 Å². The summed E-state index contributed by atoms with van der Waals surface area (Å²) in [7, 11) is 1.61. The summed E-state index contributed by atoms with van der Waals surface area (Å²) in [5, 5.41) is 3.01. The quantitative estimate of drug-likeness (QED) is 0.455. The van der Waals surface area contributed by atoms with E-state index < -0.39 is 0 Å². The highest BCUT2D eigenvalue weighted by Crippen LogP contribution is 2.27. The first-order chi connectivity index (χ1) is 16.1. The predicted molar refractivity (Wildman–Crippen MR) is 132 cm³/mol. The van der Waals surface area contributed by atoms with Crippen molar-refractivity contribution in [1.82, 2.24) is 4.90 Å². The van der Waals surface area contributed by atoms with Crippen molar-refractivity contribution in [2.24, 2.45) is 0 Å². The van der Waals surface area contributed by atoms with Gasteiger partial charge in [0.05, 0.1) is 24.8 Å². The fraction of sp³-hybridized carbons (Fsp3) is 0.269. The Morgan fingerprint density at radius 3 is 2.64 bits per heavy atom. The van der Waals surface area contributed by atoms with Crippen LogP contribution in [0.2, 0.25) is 0 Å². The van der Waals surface area contributed by atoms with E-state index >= 15 is 0 Å². The molecule has 0 atom stereocenters. The molecule has 0 aromatic heterocycles. The van der Waals surface area contributed by atoms with Crippen LogP contribution in [0.1, 0.15) is 21.5 Å². The normalized spacial score (nSPS) is 14.0. The van der Waals surface area contributed by atoms with E-state index in [-0.39, 0.29) is 12.5 Å². The number of methoxy groups -OCH3 is 1. The molecule has 172 valence electrons. The van der Waals surface area contributed by atoms with Gasteiger partial charge in [-0.25, -0.2) is 0 Å². The summed E-state index contributed by atoms with van der Waals surface area (Å²) in [5.74, 6) is 1.22. The molecular formula is C26H27BrN2O4. The van der Waals surface area contributed by atoms with Gasteiger partial charge >= 0.3 is 0 Å². The zero-order valence-corrected chi connectivity index (χ0v) is 20.1. The molecule has 1 aliphatic heterocycles. The van der Waals surface area contributed by atoms with Crippen molar-refractivity contribution in [2.75, 3.05) is 38.7 Å². The van der Waals surface area contributed by atoms with E-state index in [0.29, 0.717) is 11.3 Å². The van der Waals surface area contributed by atoms with Crippen molar-refractivity contribution in [2.45, 2.75) is 13.2 Å². The van der Waals surface area contributed by atoms with E-state index in [4.69, 9.17) is 14.2 Å². The van der Waals surface area contributed by atoms with Crippen molar-refractivity contribution in [1.29, 1.82) is 0 Å². The number of para-hydroxylation sites is 1. The van der Waals surface area contributed by atoms with Crippen molar-refractivity contribution >= 4 is 27.5 Å². The highest BCUT2D eigenvalue weighted by molar-refractivity contribution is 9.10. The Kier molecular flexibility index (Phi) is 7.99. The van der Waals surface area contributed by atoms with E-state index in [2.05, 4.69) is 32.2 Å². The number of amides is 1. The molecule has 1 fully saturated rings. The number of benzene rings is 3. The molecule has 33 heavy (non-hydrogen) atoms. The van der Waals surface area contributed by atoms with Crippen LogP contribution in [0.4, 0.5) is 5.69 Å². The summed E-state index contributed by atoms with van der Waals surface area (Å²) in [4.78, 5) is 15.3. The molecule has 3 aromatic carbocycles. The van der Waals surface area contributed by atoms with Gasteiger partial charge in [0.1, 0.15) is 18.1 Å². The standard InChI is InChI=1S/C26H27BrN2O4/c1-31-24-10-9-20(16-21(24)18-33-25-8-3-2-7-23(25)27)26(30)28-22-6-4-5-19(15-22)17-29-11-13-32-14-12-29/h2-10,15-16H,11-14,17-18H2,1H3,(H,28,30). The molecule has 1 amide bonds. The summed E-state index contributed by atoms with van der Waals surface area (Å²) < 4.78 is 17.7. The van der Waals surface area contributed by atoms with Gasteiger partial charge in [0, 0.05) is 36.4 Å². The Labute approximate surface area is 202 Å². The average molecular weight is 511 g/mol. The SMILES string of the molecule is COc1ccc(C(=O)Nc2cccc(CN3CCOCC3)c2)cc1COc1ccccc1Br. The number of hydrogen-bond donors (Lipinski definition) is 1. The lowest BCUT2D eigenvalue weighted by Gasteiger charge is -2.26. The first-order valence-corrected chi connectivity index (χ1v) is 11.7. The number of anilines is 1. The zero-order chi connectivity index (χ0) is 23.0. The van der Waals surface area contributed by atoms with Crippen LogP contribution < -0.4 is 14.8 Å². The minimum absolute atomic E-state index is 0.177. The third kappa shape index (κ3) is 6.35. The molecule has 0 saturated carbocycles. The molecule has 0 bridgehead atoms. The maximum atomic E-state index is 13.0. The van der Waals surface area contributed by atoms with Crippen LogP contribution in [0.25, 0.3) is 0 Å². The Morgan fingerprint density at radius 1 is 1.03 bits per heavy atom. The van der Waals surface area contributed by atoms with Gasteiger partial charge in [0.2, 0.25) is 0 Å². The fourth-order valence-corrected chi connectivity index (χ4v) is 4.12. The van der Waals surface area contributed by atoms with Crippen molar-refractivity contribution in [3.8, 4) is 11.5 Å². The molecule has 7 heteroatoms. The number of carbonyl (C=O) groups excluding carboxylic acids is 1. The van der Waals surface area contributed by atoms with Crippen LogP contribution in [0.3, 0.4) is 0 Å². The number of nitrogens with zero attached hydrogens (tertiary/aromatic N) is 1. The van der Waals surface area contributed by atoms with E-state index in [1.54, 1.807) is 19.2 Å². The maximum absolute atomic E-state index is 13.0. The van der Waals surface area contributed by atoms with Gasteiger partial charge in [-0.1, -0.05) is 24.3 Å². The Balaban J connectivity index is 1.44. The molecule has 0 radical (unpaired) electrons. The first-order valence-electron chi connectivity index (χ1n) is 10.9. The third-order valence-electron chi connectivity index (χ3n) is 5.46. The summed E-state index contributed by atoms with van der Waals surface area (Å²) in [6, 6.07) is 21.0. The molecule has 1 heterocycles. The number of nitrogens with one attached hydrogen (secondary N) is 1. The number of carbonyl (C=O) groups is 1. The first kappa shape index (κ1) is 23.3. The maximum Gasteiger partial charge on any atom is 0.255 e. The van der Waals surface area contributed by atoms with E-state index in [1.165, 1.54) is 0 Å². The molecule has 4 rings (SSSR count). The van der Waals surface area contributed by atoms with Crippen molar-refractivity contribution in [3.63, 3.8) is 0 Å². The number of rotatable bonds is 8. The van der Waals surface area contributed by atoms with Gasteiger partial charge in [-0.2, -0.15) is 0 Å². The molecule has 6 nitrogen and oxygen atoms in total. The Morgan fingerprint density at radius 2 is 1.85 bits per heavy atom. The molecule has 3 aromatic rings. The lowest BCUT2D eigenvalue weighted by atomic mass is 10.1. The highest BCUT2D eigenvalue weighted by atomic mass is 79.9. The average Bonchev–Trinajstić information content (AvgIpc) is 2.84. The molecular weight excluding hydrogens is 484 g/mol. The molecule has 0 unspecified atom stereocenters. The fourth-order valence-electron chi connectivity index (χ4n) is 3.72. The van der Waals surface area contributed by atoms with Gasteiger partial charge in [-0.3, -0.25) is 9.69 Å². The topological polar surface area (TPSA) is 60.0 Å². The third-order valence-corrected chi connectivity index (χ3v) is 6.11. The van der Waals surface area contributed by atoms with Crippen LogP contribution in [0.5, 0.6) is 11.5 Å². The minimum Gasteiger partial charge on any atom is -0.496 e. The minimum atomic E-state index is -0.177. The van der Waals surface area contributed by atoms with Crippen LogP contribution >= 0.6 is 15.9 Å². The van der Waals surface area contributed by atoms with Crippen LogP contribution in [0.15, 0.2) is 71.2 Å². The van der Waals surface area contributed by atoms with Crippen LogP contribution in [-0.4, -0.2) is 44.2 Å². The van der Waals surface area contributed by atoms with Crippen molar-refractivity contribution < 1.29 is 19.0 Å². The second kappa shape index (κ2) is 11.3. The number of hydrogen-bond acceptors (Lipinski definition) is 5. The smallest absolute Gasteiger partial charge is 0.255 e. The summed E-state index contributed by atoms with van der Waals surface area (Å²) >= 11 is 3.49. The zero-order valence-electron chi connectivity index (χ0n) is 18.6. The summed E-state index contributed by atoms with van der Waals surface area (Å²) in [6.45, 7) is 4.50. The number of morpholine rings is 1. The van der Waals surface area contributed by atoms with E-state index in [9.17, 15) is 4.79 Å². The van der Waals surface area contributed by atoms with Gasteiger partial charge in [-0.15, -0.1) is 0 Å². The van der Waals surface area contributed by atoms with E-state index in [0.717, 1.165) is 59.9 Å². The van der Waals surface area contributed by atoms with Crippen LogP contribution in [-0.2, 0) is 17.9 Å². The monoisotopic (exact) mass is 510 g/mol. The predicted octanol–water partition coefficient (Wildman–Crippen LogP) is 5.12. The number of halogens is 1. The van der Waals surface area contributed by atoms with Gasteiger partial charge in [-0.05, 0) is 64.0 Å². The second-order valence-corrected chi connectivity index (χ2v) is 8.64. The second-order valence-electron chi connectivity index (χ2n) is 7.79. The van der Waals surface area contributed by atoms with Crippen molar-refractivity contribution in [3.05, 3.63) is 87.9 Å². The molecule has 0 aliphatic carbocycles. The lowest BCUT2D eigenvalue weighted by molar-refractivity contribution is 0.0342. The van der Waals surface area contributed by atoms with Gasteiger partial charge in [0.25, 0.3) is 5.91 Å². The molecule has 0 spiro atoms.